The molecule has 0 radical (unpaired) electrons. The number of phosphoric acid groups is 1. The molecule has 2 atom stereocenters. The van der Waals surface area contributed by atoms with E-state index in [-0.39, 0.29) is 26.1 Å². The van der Waals surface area contributed by atoms with E-state index in [4.69, 9.17) is 18.5 Å². The van der Waals surface area contributed by atoms with E-state index >= 15 is 0 Å². The fraction of sp³-hybridized carbons (Fsp3) is 0.657. The number of allylic oxidation sites excluding steroid dienone is 22. The number of hydrogen-bond acceptors (Lipinski definition) is 8. The van der Waals surface area contributed by atoms with E-state index in [1.54, 1.807) is 0 Å². The molecule has 10 heteroatoms. The van der Waals surface area contributed by atoms with Gasteiger partial charge in [-0.3, -0.25) is 14.2 Å². The van der Waals surface area contributed by atoms with Crippen molar-refractivity contribution in [1.29, 1.82) is 0 Å². The van der Waals surface area contributed by atoms with Crippen LogP contribution >= 0.6 is 7.82 Å². The molecule has 0 N–H and O–H groups in total. The number of likely N-dealkylation sites (N-methyl/N-ethyl adjacent to an activating group) is 1. The second kappa shape index (κ2) is 59.8. The number of ether oxygens (including phenoxy) is 2. The van der Waals surface area contributed by atoms with E-state index in [9.17, 15) is 19.0 Å². The van der Waals surface area contributed by atoms with Gasteiger partial charge in [0.2, 0.25) is 0 Å². The number of hydrogen-bond donors (Lipinski definition) is 0. The molecule has 9 nitrogen and oxygen atoms in total. The van der Waals surface area contributed by atoms with E-state index in [0.29, 0.717) is 17.4 Å². The van der Waals surface area contributed by atoms with Gasteiger partial charge in [0.25, 0.3) is 7.82 Å². The summed E-state index contributed by atoms with van der Waals surface area (Å²) < 4.78 is 34.2. The van der Waals surface area contributed by atoms with E-state index in [1.165, 1.54) is 89.9 Å². The number of quaternary nitrogens is 1. The molecule has 0 rings (SSSR count). The van der Waals surface area contributed by atoms with Gasteiger partial charge in [0.05, 0.1) is 27.7 Å². The van der Waals surface area contributed by atoms with Crippen LogP contribution in [0.15, 0.2) is 134 Å². The first-order chi connectivity index (χ1) is 39.0. The van der Waals surface area contributed by atoms with Crippen LogP contribution in [0.3, 0.4) is 0 Å². The Morgan fingerprint density at radius 3 is 1.06 bits per heavy atom. The fourth-order valence-electron chi connectivity index (χ4n) is 8.27. The van der Waals surface area contributed by atoms with Crippen LogP contribution in [0.25, 0.3) is 0 Å². The number of unbranched alkanes of at least 4 members (excludes halogenated alkanes) is 21. The quantitative estimate of drug-likeness (QED) is 0.0195. The molecular formula is C70H118NO8P. The van der Waals surface area contributed by atoms with Crippen LogP contribution in [-0.4, -0.2) is 70.0 Å². The number of rotatable bonds is 57. The highest BCUT2D eigenvalue weighted by atomic mass is 31.2. The lowest BCUT2D eigenvalue weighted by atomic mass is 10.0. The molecule has 0 spiro atoms. The summed E-state index contributed by atoms with van der Waals surface area (Å²) in [5, 5.41) is 0. The van der Waals surface area contributed by atoms with Gasteiger partial charge in [0, 0.05) is 12.8 Å². The Kier molecular flexibility index (Phi) is 56.9. The van der Waals surface area contributed by atoms with Crippen molar-refractivity contribution in [2.45, 2.75) is 251 Å². The van der Waals surface area contributed by atoms with E-state index in [2.05, 4.69) is 148 Å². The number of esters is 2. The predicted molar refractivity (Wildman–Crippen MR) is 341 cm³/mol. The Morgan fingerprint density at radius 2 is 0.713 bits per heavy atom. The number of carbonyl (C=O) groups is 2. The highest BCUT2D eigenvalue weighted by Gasteiger charge is 2.22. The largest absolute Gasteiger partial charge is 0.756 e. The molecule has 0 aromatic rings. The fourth-order valence-corrected chi connectivity index (χ4v) is 9.00. The molecule has 0 aliphatic carbocycles. The van der Waals surface area contributed by atoms with E-state index < -0.39 is 32.5 Å². The van der Waals surface area contributed by atoms with Gasteiger partial charge < -0.3 is 27.9 Å². The van der Waals surface area contributed by atoms with Crippen LogP contribution < -0.4 is 4.89 Å². The normalized spacial score (nSPS) is 14.1. The lowest BCUT2D eigenvalue weighted by Crippen LogP contribution is -2.37. The van der Waals surface area contributed by atoms with E-state index in [1.807, 2.05) is 21.1 Å². The van der Waals surface area contributed by atoms with Crippen LogP contribution in [-0.2, 0) is 32.7 Å². The molecule has 0 aliphatic rings. The van der Waals surface area contributed by atoms with Crippen LogP contribution in [0.2, 0.25) is 0 Å². The molecule has 456 valence electrons. The molecule has 80 heavy (non-hydrogen) atoms. The third-order valence-electron chi connectivity index (χ3n) is 13.2. The predicted octanol–water partition coefficient (Wildman–Crippen LogP) is 19.9. The molecule has 0 fully saturated rings. The Balaban J connectivity index is 4.10. The van der Waals surface area contributed by atoms with Crippen LogP contribution in [0.5, 0.6) is 0 Å². The number of phosphoric ester groups is 1. The van der Waals surface area contributed by atoms with Gasteiger partial charge >= 0.3 is 11.9 Å². The molecular weight excluding hydrogens is 1010 g/mol. The summed E-state index contributed by atoms with van der Waals surface area (Å²) in [6.45, 7) is 4.08. The minimum absolute atomic E-state index is 0.0385. The summed E-state index contributed by atoms with van der Waals surface area (Å²) in [6, 6.07) is 0. The van der Waals surface area contributed by atoms with Crippen molar-refractivity contribution in [2.24, 2.45) is 0 Å². The van der Waals surface area contributed by atoms with Gasteiger partial charge in [-0.05, 0) is 116 Å². The molecule has 0 saturated heterocycles. The highest BCUT2D eigenvalue weighted by Crippen LogP contribution is 2.38. The van der Waals surface area contributed by atoms with Crippen molar-refractivity contribution in [2.75, 3.05) is 47.5 Å². The SMILES string of the molecule is CC/C=C\C/C=C\C/C=C\C/C=C\C/C=C\C/C=C\C/C=C\C/C=C\C/C=C\CCCCCCCCCCCCCC(=O)OC(COC(=O)CCCCCCCCC/C=C\C/C=C\CCCCC)COP(=O)([O-])OCC[N+](C)(C)C. The molecule has 0 aromatic carbocycles. The molecule has 0 amide bonds. The molecule has 0 bridgehead atoms. The summed E-state index contributed by atoms with van der Waals surface area (Å²) in [6.07, 6.45) is 86.5. The Labute approximate surface area is 491 Å². The first-order valence-corrected chi connectivity index (χ1v) is 33.4. The molecule has 2 unspecified atom stereocenters. The monoisotopic (exact) mass is 1130 g/mol. The topological polar surface area (TPSA) is 111 Å². The van der Waals surface area contributed by atoms with E-state index in [0.717, 1.165) is 122 Å². The van der Waals surface area contributed by atoms with Gasteiger partial charge in [-0.1, -0.05) is 250 Å². The maximum atomic E-state index is 12.8. The number of carbonyl (C=O) groups excluding carboxylic acids is 2. The molecule has 0 aromatic heterocycles. The minimum atomic E-state index is -4.65. The third-order valence-corrected chi connectivity index (χ3v) is 14.1. The molecule has 0 saturated carbocycles. The third kappa shape index (κ3) is 63.3. The van der Waals surface area contributed by atoms with Crippen LogP contribution in [0.4, 0.5) is 0 Å². The Bertz CT molecular complexity index is 1810. The zero-order valence-electron chi connectivity index (χ0n) is 51.7. The molecule has 0 aliphatic heterocycles. The zero-order chi connectivity index (χ0) is 58.4. The summed E-state index contributed by atoms with van der Waals surface area (Å²) in [7, 11) is 1.15. The standard InChI is InChI=1S/C70H118NO8P/c1-6-8-10-12-14-16-18-20-22-24-25-26-27-28-29-30-31-32-33-34-35-36-37-38-39-40-41-42-43-44-45-47-49-51-53-55-57-59-61-63-70(73)79-68(67-78-80(74,75)77-65-64-71(3,4)5)66-76-69(72)62-60-58-56-54-52-50-48-46-23-21-19-17-15-13-11-9-7-2/h8,10,14-17,20-23,25-26,28-29,31-32,34-35,37-38,40-41,68H,6-7,9,11-13,18-19,24,27,30,33,36,39,42-67H2,1-5H3/b10-8-,16-14-,17-15-,22-20-,23-21-,26-25-,29-28-,32-31-,35-34-,38-37-,41-40-. The Hall–Kier alpha value is -3.85. The van der Waals surface area contributed by atoms with Crippen molar-refractivity contribution in [3.63, 3.8) is 0 Å². The smallest absolute Gasteiger partial charge is 0.306 e. The van der Waals surface area contributed by atoms with Crippen molar-refractivity contribution in [3.8, 4) is 0 Å². The highest BCUT2D eigenvalue weighted by molar-refractivity contribution is 7.45. The van der Waals surface area contributed by atoms with Crippen molar-refractivity contribution in [3.05, 3.63) is 134 Å². The maximum Gasteiger partial charge on any atom is 0.306 e. The van der Waals surface area contributed by atoms with Gasteiger partial charge in [-0.25, -0.2) is 0 Å². The second-order valence-corrected chi connectivity index (χ2v) is 23.4. The average Bonchev–Trinajstić information content (AvgIpc) is 3.42. The van der Waals surface area contributed by atoms with Gasteiger partial charge in [-0.2, -0.15) is 0 Å². The van der Waals surface area contributed by atoms with Crippen molar-refractivity contribution in [1.82, 2.24) is 0 Å². The first kappa shape index (κ1) is 76.1. The summed E-state index contributed by atoms with van der Waals surface area (Å²) >= 11 is 0. The van der Waals surface area contributed by atoms with Crippen LogP contribution in [0.1, 0.15) is 245 Å². The summed E-state index contributed by atoms with van der Waals surface area (Å²) in [5.41, 5.74) is 0. The summed E-state index contributed by atoms with van der Waals surface area (Å²) in [5.74, 6) is -0.851. The lowest BCUT2D eigenvalue weighted by Gasteiger charge is -2.28. The van der Waals surface area contributed by atoms with Gasteiger partial charge in [-0.15, -0.1) is 0 Å². The minimum Gasteiger partial charge on any atom is -0.756 e. The summed E-state index contributed by atoms with van der Waals surface area (Å²) in [4.78, 5) is 37.9. The van der Waals surface area contributed by atoms with Gasteiger partial charge in [0.15, 0.2) is 6.10 Å². The molecule has 0 heterocycles. The second-order valence-electron chi connectivity index (χ2n) is 22.0. The maximum absolute atomic E-state index is 12.8. The van der Waals surface area contributed by atoms with Gasteiger partial charge in [0.1, 0.15) is 19.8 Å². The van der Waals surface area contributed by atoms with Crippen molar-refractivity contribution >= 4 is 19.8 Å². The zero-order valence-corrected chi connectivity index (χ0v) is 52.6. The number of nitrogens with zero attached hydrogens (tertiary/aromatic N) is 1. The Morgan fingerprint density at radius 1 is 0.400 bits per heavy atom. The van der Waals surface area contributed by atoms with Crippen LogP contribution in [0, 0.1) is 0 Å². The first-order valence-electron chi connectivity index (χ1n) is 31.9. The van der Waals surface area contributed by atoms with Crippen molar-refractivity contribution < 1.29 is 42.1 Å². The lowest BCUT2D eigenvalue weighted by molar-refractivity contribution is -0.870. The average molecular weight is 1130 g/mol.